The number of nitrogens with zero attached hydrogens (tertiary/aromatic N) is 1. The molecule has 1 fully saturated rings. The molecule has 1 saturated heterocycles. The van der Waals surface area contributed by atoms with Crippen molar-refractivity contribution in [3.8, 4) is 5.75 Å². The lowest BCUT2D eigenvalue weighted by Crippen LogP contribution is -2.30. The van der Waals surface area contributed by atoms with Gasteiger partial charge in [-0.2, -0.15) is 0 Å². The maximum absolute atomic E-state index is 12.8. The number of Topliss-reactive ketones (excluding diaryl/α,β-unsaturated/α-hetero) is 1. The molecule has 2 aromatic rings. The number of aliphatic hydroxyl groups is 1. The summed E-state index contributed by atoms with van der Waals surface area (Å²) in [6.07, 6.45) is 1.65. The maximum Gasteiger partial charge on any atom is 0.295 e. The van der Waals surface area contributed by atoms with E-state index in [4.69, 9.17) is 16.3 Å². The number of ether oxygens (including phenoxy) is 1. The first-order chi connectivity index (χ1) is 13.5. The molecular weight excluding hydrogens is 378 g/mol. The first-order valence-electron chi connectivity index (χ1n) is 9.16. The van der Waals surface area contributed by atoms with Crippen LogP contribution < -0.4 is 4.74 Å². The zero-order chi connectivity index (χ0) is 20.3. The van der Waals surface area contributed by atoms with Gasteiger partial charge in [-0.1, -0.05) is 37.1 Å². The first kappa shape index (κ1) is 20.0. The summed E-state index contributed by atoms with van der Waals surface area (Å²) < 4.78 is 5.20. The second kappa shape index (κ2) is 8.48. The lowest BCUT2D eigenvalue weighted by atomic mass is 9.95. The number of amides is 1. The molecule has 146 valence electrons. The van der Waals surface area contributed by atoms with Crippen LogP contribution in [-0.4, -0.2) is 35.4 Å². The summed E-state index contributed by atoms with van der Waals surface area (Å²) in [5.41, 5.74) is 1.27. The Morgan fingerprint density at radius 1 is 1.11 bits per heavy atom. The predicted molar refractivity (Wildman–Crippen MR) is 108 cm³/mol. The number of benzene rings is 2. The van der Waals surface area contributed by atoms with Gasteiger partial charge in [0.1, 0.15) is 11.5 Å². The van der Waals surface area contributed by atoms with Crippen molar-refractivity contribution in [1.82, 2.24) is 4.90 Å². The number of rotatable bonds is 6. The van der Waals surface area contributed by atoms with E-state index in [1.54, 1.807) is 43.5 Å². The molecule has 28 heavy (non-hydrogen) atoms. The van der Waals surface area contributed by atoms with E-state index >= 15 is 0 Å². The molecule has 0 radical (unpaired) electrons. The number of methoxy groups -OCH3 is 1. The van der Waals surface area contributed by atoms with E-state index in [2.05, 4.69) is 0 Å². The number of carbonyl (C=O) groups excluding carboxylic acids is 2. The molecular formula is C22H22ClNO4. The molecule has 5 nitrogen and oxygen atoms in total. The van der Waals surface area contributed by atoms with Crippen LogP contribution in [0.25, 0.3) is 5.76 Å². The Morgan fingerprint density at radius 2 is 1.75 bits per heavy atom. The van der Waals surface area contributed by atoms with Gasteiger partial charge < -0.3 is 14.7 Å². The molecule has 2 aromatic carbocycles. The summed E-state index contributed by atoms with van der Waals surface area (Å²) in [7, 11) is 1.57. The summed E-state index contributed by atoms with van der Waals surface area (Å²) >= 11 is 5.92. The topological polar surface area (TPSA) is 66.8 Å². The van der Waals surface area contributed by atoms with Crippen LogP contribution in [-0.2, 0) is 9.59 Å². The molecule has 0 saturated carbocycles. The van der Waals surface area contributed by atoms with E-state index in [-0.39, 0.29) is 11.3 Å². The zero-order valence-corrected chi connectivity index (χ0v) is 16.6. The normalized spacial score (nSPS) is 18.5. The third-order valence-corrected chi connectivity index (χ3v) is 5.09. The van der Waals surface area contributed by atoms with Crippen molar-refractivity contribution in [2.24, 2.45) is 0 Å². The van der Waals surface area contributed by atoms with Crippen molar-refractivity contribution in [2.45, 2.75) is 25.8 Å². The minimum atomic E-state index is -0.677. The van der Waals surface area contributed by atoms with Gasteiger partial charge in [0.15, 0.2) is 0 Å². The average molecular weight is 400 g/mol. The van der Waals surface area contributed by atoms with E-state index in [9.17, 15) is 14.7 Å². The number of likely N-dealkylation sites (tertiary alicyclic amines) is 1. The van der Waals surface area contributed by atoms with Crippen LogP contribution in [0.2, 0.25) is 5.02 Å². The molecule has 1 atom stereocenters. The van der Waals surface area contributed by atoms with Crippen LogP contribution in [0, 0.1) is 0 Å². The Morgan fingerprint density at radius 3 is 2.32 bits per heavy atom. The monoisotopic (exact) mass is 399 g/mol. The molecule has 1 amide bonds. The number of halogens is 1. The molecule has 1 aliphatic heterocycles. The van der Waals surface area contributed by atoms with Gasteiger partial charge in [-0.15, -0.1) is 0 Å². The molecule has 0 spiro atoms. The molecule has 1 aliphatic rings. The second-order valence-corrected chi connectivity index (χ2v) is 7.06. The van der Waals surface area contributed by atoms with Gasteiger partial charge in [-0.05, 0) is 48.4 Å². The third-order valence-electron chi connectivity index (χ3n) is 4.84. The molecule has 0 aliphatic carbocycles. The van der Waals surface area contributed by atoms with Crippen molar-refractivity contribution >= 4 is 29.1 Å². The molecule has 1 N–H and O–H groups in total. The van der Waals surface area contributed by atoms with Gasteiger partial charge in [-0.3, -0.25) is 9.59 Å². The highest BCUT2D eigenvalue weighted by Gasteiger charge is 2.45. The van der Waals surface area contributed by atoms with Gasteiger partial charge in [0.05, 0.1) is 18.7 Å². The molecule has 1 unspecified atom stereocenters. The highest BCUT2D eigenvalue weighted by atomic mass is 35.5. The van der Waals surface area contributed by atoms with Crippen LogP contribution in [0.4, 0.5) is 0 Å². The lowest BCUT2D eigenvalue weighted by molar-refractivity contribution is -0.139. The minimum Gasteiger partial charge on any atom is -0.507 e. The Kier molecular flexibility index (Phi) is 6.05. The fourth-order valence-electron chi connectivity index (χ4n) is 3.34. The molecule has 0 bridgehead atoms. The van der Waals surface area contributed by atoms with E-state index < -0.39 is 17.7 Å². The van der Waals surface area contributed by atoms with Crippen molar-refractivity contribution in [3.05, 3.63) is 70.3 Å². The standard InChI is InChI=1S/C22H22ClNO4/c1-3-4-13-24-19(14-7-11-17(28-2)12-8-14)18(21(26)22(24)27)20(25)15-5-9-16(23)10-6-15/h5-12,19,25H,3-4,13H2,1-2H3. The van der Waals surface area contributed by atoms with E-state index in [1.807, 2.05) is 19.1 Å². The lowest BCUT2D eigenvalue weighted by Gasteiger charge is -2.25. The number of carbonyl (C=O) groups is 2. The molecule has 0 aromatic heterocycles. The predicted octanol–water partition coefficient (Wildman–Crippen LogP) is 4.57. The first-order valence-corrected chi connectivity index (χ1v) is 9.54. The smallest absolute Gasteiger partial charge is 0.295 e. The summed E-state index contributed by atoms with van der Waals surface area (Å²) in [6.45, 7) is 2.46. The van der Waals surface area contributed by atoms with E-state index in [0.717, 1.165) is 18.4 Å². The van der Waals surface area contributed by atoms with Crippen LogP contribution >= 0.6 is 11.6 Å². The molecule has 1 heterocycles. The summed E-state index contributed by atoms with van der Waals surface area (Å²) in [4.78, 5) is 27.0. The summed E-state index contributed by atoms with van der Waals surface area (Å²) in [6, 6.07) is 13.0. The van der Waals surface area contributed by atoms with Gasteiger partial charge in [0, 0.05) is 17.1 Å². The average Bonchev–Trinajstić information content (AvgIpc) is 2.97. The number of ketones is 1. The van der Waals surface area contributed by atoms with Gasteiger partial charge in [0.25, 0.3) is 11.7 Å². The maximum atomic E-state index is 12.8. The van der Waals surface area contributed by atoms with Crippen molar-refractivity contribution in [3.63, 3.8) is 0 Å². The van der Waals surface area contributed by atoms with Crippen molar-refractivity contribution < 1.29 is 19.4 Å². The van der Waals surface area contributed by atoms with Gasteiger partial charge in [0.2, 0.25) is 0 Å². The minimum absolute atomic E-state index is 0.0913. The number of unbranched alkanes of at least 4 members (excludes halogenated alkanes) is 1. The molecule has 6 heteroatoms. The van der Waals surface area contributed by atoms with Crippen LogP contribution in [0.15, 0.2) is 54.1 Å². The van der Waals surface area contributed by atoms with E-state index in [0.29, 0.717) is 22.9 Å². The number of hydrogen-bond donors (Lipinski definition) is 1. The van der Waals surface area contributed by atoms with Crippen LogP contribution in [0.3, 0.4) is 0 Å². The number of hydrogen-bond acceptors (Lipinski definition) is 4. The highest BCUT2D eigenvalue weighted by Crippen LogP contribution is 2.40. The zero-order valence-electron chi connectivity index (χ0n) is 15.8. The fourth-order valence-corrected chi connectivity index (χ4v) is 3.46. The van der Waals surface area contributed by atoms with E-state index in [1.165, 1.54) is 4.90 Å². The molecule has 3 rings (SSSR count). The van der Waals surface area contributed by atoms with Crippen molar-refractivity contribution in [1.29, 1.82) is 0 Å². The Balaban J connectivity index is 2.13. The highest BCUT2D eigenvalue weighted by molar-refractivity contribution is 6.46. The Bertz CT molecular complexity index is 903. The summed E-state index contributed by atoms with van der Waals surface area (Å²) in [5, 5.41) is 11.4. The second-order valence-electron chi connectivity index (χ2n) is 6.63. The van der Waals surface area contributed by atoms with Gasteiger partial charge in [-0.25, -0.2) is 0 Å². The SMILES string of the molecule is CCCCN1C(=O)C(=O)C(=C(O)c2ccc(Cl)cc2)C1c1ccc(OC)cc1. The quantitative estimate of drug-likeness (QED) is 0.439. The Labute approximate surface area is 169 Å². The third kappa shape index (κ3) is 3.76. The fraction of sp³-hybridized carbons (Fsp3) is 0.273. The largest absolute Gasteiger partial charge is 0.507 e. The van der Waals surface area contributed by atoms with Crippen molar-refractivity contribution in [2.75, 3.05) is 13.7 Å². The van der Waals surface area contributed by atoms with Crippen LogP contribution in [0.1, 0.15) is 36.9 Å². The number of aliphatic hydroxyl groups excluding tert-OH is 1. The Hall–Kier alpha value is -2.79. The van der Waals surface area contributed by atoms with Gasteiger partial charge >= 0.3 is 0 Å². The summed E-state index contributed by atoms with van der Waals surface area (Å²) in [5.74, 6) is -0.795. The van der Waals surface area contributed by atoms with Crippen LogP contribution in [0.5, 0.6) is 5.75 Å².